The number of carbonyl (C=O) groups excluding carboxylic acids is 1. The standard InChI is InChI=1S/C20H16N4OS2/c21-18(25)17(14-8-3-1-4-9-14)27-20-23-22-19(16-12-7-13-26-16)24(20)15-10-5-2-6-11-15/h1-13,17H,(H2,21,25). The van der Waals surface area contributed by atoms with E-state index in [0.29, 0.717) is 5.16 Å². The van der Waals surface area contributed by atoms with Gasteiger partial charge in [-0.15, -0.1) is 21.5 Å². The summed E-state index contributed by atoms with van der Waals surface area (Å²) in [5, 5.41) is 10.8. The SMILES string of the molecule is NC(=O)C(Sc1nnc(-c2cccs2)n1-c1ccccc1)c1ccccc1. The third-order valence-electron chi connectivity index (χ3n) is 3.97. The molecule has 1 atom stereocenters. The van der Waals surface area contributed by atoms with Crippen molar-refractivity contribution in [2.45, 2.75) is 10.4 Å². The van der Waals surface area contributed by atoms with Crippen molar-refractivity contribution < 1.29 is 4.79 Å². The van der Waals surface area contributed by atoms with E-state index in [1.54, 1.807) is 11.3 Å². The van der Waals surface area contributed by atoms with Gasteiger partial charge in [-0.1, -0.05) is 66.4 Å². The van der Waals surface area contributed by atoms with Crippen molar-refractivity contribution in [2.75, 3.05) is 0 Å². The van der Waals surface area contributed by atoms with E-state index < -0.39 is 11.2 Å². The molecule has 1 unspecified atom stereocenters. The summed E-state index contributed by atoms with van der Waals surface area (Å²) in [6, 6.07) is 23.3. The highest BCUT2D eigenvalue weighted by Crippen LogP contribution is 2.37. The zero-order valence-corrected chi connectivity index (χ0v) is 15.9. The number of rotatable bonds is 6. The van der Waals surface area contributed by atoms with E-state index in [2.05, 4.69) is 10.2 Å². The molecule has 0 fully saturated rings. The van der Waals surface area contributed by atoms with Gasteiger partial charge in [0.05, 0.1) is 4.88 Å². The zero-order chi connectivity index (χ0) is 18.6. The maximum Gasteiger partial charge on any atom is 0.235 e. The molecule has 5 nitrogen and oxygen atoms in total. The van der Waals surface area contributed by atoms with Gasteiger partial charge in [-0.3, -0.25) is 9.36 Å². The van der Waals surface area contributed by atoms with E-state index in [9.17, 15) is 4.79 Å². The molecule has 0 aliphatic carbocycles. The Morgan fingerprint density at radius 2 is 1.67 bits per heavy atom. The highest BCUT2D eigenvalue weighted by molar-refractivity contribution is 8.00. The summed E-state index contributed by atoms with van der Waals surface area (Å²) in [5.74, 6) is 0.335. The molecule has 27 heavy (non-hydrogen) atoms. The van der Waals surface area contributed by atoms with Gasteiger partial charge in [0.25, 0.3) is 0 Å². The average molecular weight is 393 g/mol. The largest absolute Gasteiger partial charge is 0.368 e. The molecule has 0 aliphatic heterocycles. The second-order valence-corrected chi connectivity index (χ2v) is 7.79. The van der Waals surface area contributed by atoms with E-state index in [-0.39, 0.29) is 0 Å². The van der Waals surface area contributed by atoms with E-state index in [1.165, 1.54) is 11.8 Å². The molecule has 1 amide bonds. The fourth-order valence-electron chi connectivity index (χ4n) is 2.75. The topological polar surface area (TPSA) is 73.8 Å². The van der Waals surface area contributed by atoms with Crippen LogP contribution in [-0.2, 0) is 4.79 Å². The summed E-state index contributed by atoms with van der Waals surface area (Å²) in [6.07, 6.45) is 0. The zero-order valence-electron chi connectivity index (χ0n) is 14.2. The van der Waals surface area contributed by atoms with Crippen molar-refractivity contribution in [2.24, 2.45) is 5.73 Å². The quantitative estimate of drug-likeness (QED) is 0.496. The molecular weight excluding hydrogens is 376 g/mol. The van der Waals surface area contributed by atoms with Crippen molar-refractivity contribution in [3.63, 3.8) is 0 Å². The summed E-state index contributed by atoms with van der Waals surface area (Å²) in [4.78, 5) is 13.1. The van der Waals surface area contributed by atoms with Gasteiger partial charge in [0.15, 0.2) is 11.0 Å². The number of aromatic nitrogens is 3. The number of para-hydroxylation sites is 1. The molecule has 2 aromatic heterocycles. The number of hydrogen-bond donors (Lipinski definition) is 1. The van der Waals surface area contributed by atoms with Gasteiger partial charge in [-0.2, -0.15) is 0 Å². The molecule has 2 aromatic carbocycles. The Kier molecular flexibility index (Phi) is 5.04. The Morgan fingerprint density at radius 3 is 2.30 bits per heavy atom. The molecule has 0 radical (unpaired) electrons. The molecular formula is C20H16N4OS2. The van der Waals surface area contributed by atoms with Crippen LogP contribution >= 0.6 is 23.1 Å². The van der Waals surface area contributed by atoms with Crippen LogP contribution in [0.3, 0.4) is 0 Å². The van der Waals surface area contributed by atoms with Gasteiger partial charge in [0.2, 0.25) is 5.91 Å². The molecule has 7 heteroatoms. The van der Waals surface area contributed by atoms with E-state index in [4.69, 9.17) is 5.73 Å². The van der Waals surface area contributed by atoms with Crippen LogP contribution in [0, 0.1) is 0 Å². The number of amides is 1. The normalized spacial score (nSPS) is 12.0. The van der Waals surface area contributed by atoms with Crippen LogP contribution in [0.25, 0.3) is 16.4 Å². The second-order valence-electron chi connectivity index (χ2n) is 5.77. The number of hydrogen-bond acceptors (Lipinski definition) is 5. The Bertz CT molecular complexity index is 1030. The highest BCUT2D eigenvalue weighted by Gasteiger charge is 2.25. The predicted octanol–water partition coefficient (Wildman–Crippen LogP) is 4.31. The lowest BCUT2D eigenvalue weighted by Crippen LogP contribution is -2.19. The molecule has 4 rings (SSSR count). The highest BCUT2D eigenvalue weighted by atomic mass is 32.2. The van der Waals surface area contributed by atoms with Gasteiger partial charge < -0.3 is 5.73 Å². The lowest BCUT2D eigenvalue weighted by atomic mass is 10.1. The summed E-state index contributed by atoms with van der Waals surface area (Å²) < 4.78 is 1.97. The molecule has 4 aromatic rings. The van der Waals surface area contributed by atoms with Crippen molar-refractivity contribution in [3.8, 4) is 16.4 Å². The number of carbonyl (C=O) groups is 1. The Hall–Kier alpha value is -2.90. The Balaban J connectivity index is 1.80. The van der Waals surface area contributed by atoms with Crippen LogP contribution in [0.4, 0.5) is 0 Å². The summed E-state index contributed by atoms with van der Waals surface area (Å²) in [7, 11) is 0. The minimum absolute atomic E-state index is 0.411. The average Bonchev–Trinajstić information content (AvgIpc) is 3.37. The van der Waals surface area contributed by atoms with Crippen molar-refractivity contribution in [3.05, 3.63) is 83.7 Å². The molecule has 0 saturated heterocycles. The third-order valence-corrected chi connectivity index (χ3v) is 6.05. The second kappa shape index (κ2) is 7.77. The first-order chi connectivity index (χ1) is 13.2. The Labute approximate surface area is 164 Å². The van der Waals surface area contributed by atoms with E-state index in [1.807, 2.05) is 82.7 Å². The first kappa shape index (κ1) is 17.5. The summed E-state index contributed by atoms with van der Waals surface area (Å²) >= 11 is 2.90. The maximum absolute atomic E-state index is 12.1. The first-order valence-corrected chi connectivity index (χ1v) is 10.1. The molecule has 2 heterocycles. The van der Waals surface area contributed by atoms with Crippen LogP contribution in [0.15, 0.2) is 83.3 Å². The van der Waals surface area contributed by atoms with Gasteiger partial charge in [-0.25, -0.2) is 0 Å². The molecule has 0 aliphatic rings. The monoisotopic (exact) mass is 392 g/mol. The number of benzene rings is 2. The Morgan fingerprint density at radius 1 is 0.963 bits per heavy atom. The maximum atomic E-state index is 12.1. The number of thioether (sulfide) groups is 1. The molecule has 0 spiro atoms. The third kappa shape index (κ3) is 3.65. The fourth-order valence-corrected chi connectivity index (χ4v) is 4.45. The van der Waals surface area contributed by atoms with Gasteiger partial charge in [0.1, 0.15) is 5.25 Å². The lowest BCUT2D eigenvalue weighted by molar-refractivity contribution is -0.117. The van der Waals surface area contributed by atoms with E-state index >= 15 is 0 Å². The minimum atomic E-state index is -0.547. The number of primary amides is 1. The molecule has 0 saturated carbocycles. The van der Waals surface area contributed by atoms with Crippen LogP contribution in [-0.4, -0.2) is 20.7 Å². The number of thiophene rings is 1. The van der Waals surface area contributed by atoms with Gasteiger partial charge in [0, 0.05) is 5.69 Å². The van der Waals surface area contributed by atoms with Crippen LogP contribution < -0.4 is 5.73 Å². The van der Waals surface area contributed by atoms with Crippen molar-refractivity contribution in [1.82, 2.24) is 14.8 Å². The summed E-state index contributed by atoms with van der Waals surface area (Å²) in [6.45, 7) is 0. The predicted molar refractivity (Wildman–Crippen MR) is 109 cm³/mol. The van der Waals surface area contributed by atoms with Gasteiger partial charge in [-0.05, 0) is 29.1 Å². The van der Waals surface area contributed by atoms with Crippen molar-refractivity contribution in [1.29, 1.82) is 0 Å². The molecule has 2 N–H and O–H groups in total. The molecule has 0 bridgehead atoms. The fraction of sp³-hybridized carbons (Fsp3) is 0.0500. The smallest absolute Gasteiger partial charge is 0.235 e. The molecule has 134 valence electrons. The van der Waals surface area contributed by atoms with Crippen LogP contribution in [0.2, 0.25) is 0 Å². The number of nitrogens with zero attached hydrogens (tertiary/aromatic N) is 3. The minimum Gasteiger partial charge on any atom is -0.368 e. The van der Waals surface area contributed by atoms with Crippen LogP contribution in [0.5, 0.6) is 0 Å². The van der Waals surface area contributed by atoms with Crippen molar-refractivity contribution >= 4 is 29.0 Å². The first-order valence-electron chi connectivity index (χ1n) is 8.29. The van der Waals surface area contributed by atoms with Gasteiger partial charge >= 0.3 is 0 Å². The lowest BCUT2D eigenvalue weighted by Gasteiger charge is -2.14. The summed E-state index contributed by atoms with van der Waals surface area (Å²) in [5.41, 5.74) is 7.47. The van der Waals surface area contributed by atoms with E-state index in [0.717, 1.165) is 22.0 Å². The van der Waals surface area contributed by atoms with Crippen LogP contribution in [0.1, 0.15) is 10.8 Å². The number of nitrogens with two attached hydrogens (primary N) is 1.